The molecule has 4 aromatic rings. The second-order valence-corrected chi connectivity index (χ2v) is 8.42. The van der Waals surface area contributed by atoms with Crippen molar-refractivity contribution in [1.82, 2.24) is 29.7 Å². The van der Waals surface area contributed by atoms with Crippen molar-refractivity contribution in [3.63, 3.8) is 0 Å². The van der Waals surface area contributed by atoms with E-state index in [1.807, 2.05) is 12.3 Å². The molecular formula is C24H27FN6O3. The number of pyridine rings is 2. The van der Waals surface area contributed by atoms with Gasteiger partial charge in [-0.25, -0.2) is 8.91 Å². The number of nitrogens with zero attached hydrogens (tertiary/aromatic N) is 5. The van der Waals surface area contributed by atoms with Crippen LogP contribution >= 0.6 is 0 Å². The van der Waals surface area contributed by atoms with Gasteiger partial charge >= 0.3 is 0 Å². The first-order chi connectivity index (χ1) is 16.5. The Morgan fingerprint density at radius 2 is 2.06 bits per heavy atom. The lowest BCUT2D eigenvalue weighted by molar-refractivity contribution is 0.0460. The van der Waals surface area contributed by atoms with Gasteiger partial charge in [-0.2, -0.15) is 10.2 Å². The summed E-state index contributed by atoms with van der Waals surface area (Å²) in [5, 5.41) is 23.2. The van der Waals surface area contributed by atoms with Gasteiger partial charge in [0.1, 0.15) is 5.82 Å². The van der Waals surface area contributed by atoms with Crippen molar-refractivity contribution in [1.29, 1.82) is 0 Å². The van der Waals surface area contributed by atoms with Gasteiger partial charge in [0, 0.05) is 37.0 Å². The number of halogens is 1. The highest BCUT2D eigenvalue weighted by Crippen LogP contribution is 2.37. The molecule has 10 heteroatoms. The van der Waals surface area contributed by atoms with Crippen LogP contribution in [-0.4, -0.2) is 55.8 Å². The van der Waals surface area contributed by atoms with E-state index in [-0.39, 0.29) is 0 Å². The summed E-state index contributed by atoms with van der Waals surface area (Å²) in [4.78, 5) is 4.12. The second kappa shape index (κ2) is 9.03. The maximum Gasteiger partial charge on any atom is 0.168 e. The third kappa shape index (κ3) is 3.99. The summed E-state index contributed by atoms with van der Waals surface area (Å²) in [5.41, 5.74) is 5.03. The van der Waals surface area contributed by atoms with Gasteiger partial charge in [0.25, 0.3) is 0 Å². The van der Waals surface area contributed by atoms with Crippen molar-refractivity contribution in [3.05, 3.63) is 59.6 Å². The van der Waals surface area contributed by atoms with E-state index in [4.69, 9.17) is 14.6 Å². The van der Waals surface area contributed by atoms with E-state index in [1.165, 1.54) is 17.8 Å². The molecule has 1 unspecified atom stereocenters. The van der Waals surface area contributed by atoms with Gasteiger partial charge in [0.15, 0.2) is 23.1 Å². The molecule has 1 aliphatic rings. The van der Waals surface area contributed by atoms with E-state index in [1.54, 1.807) is 24.7 Å². The van der Waals surface area contributed by atoms with Gasteiger partial charge in [-0.3, -0.25) is 9.67 Å². The van der Waals surface area contributed by atoms with Crippen molar-refractivity contribution < 1.29 is 19.0 Å². The fraction of sp³-hybridized carbons (Fsp3) is 0.375. The molecule has 2 atom stereocenters. The van der Waals surface area contributed by atoms with Crippen molar-refractivity contribution in [2.75, 3.05) is 20.2 Å². The van der Waals surface area contributed by atoms with Crippen molar-refractivity contribution in [2.45, 2.75) is 39.0 Å². The number of aliphatic hydroxyl groups excluding tert-OH is 1. The molecule has 0 radical (unpaired) electrons. The largest absolute Gasteiger partial charge is 0.493 e. The standard InChI is InChI=1S/C24H27FN6O3/c1-14-19-6-7-26-8-9-30(19)29-22(14)16-10-20(23-21(33-3)12-28-31(23)13-16)34-24(15(2)32)18-5-4-17(25)11-27-18/h4-5,10-13,15,24,26,32H,6-9H2,1-3H3/t15-,24?/m1/s1. The predicted octanol–water partition coefficient (Wildman–Crippen LogP) is 2.70. The molecule has 0 bridgehead atoms. The van der Waals surface area contributed by atoms with Crippen LogP contribution in [0, 0.1) is 12.7 Å². The number of hydrogen-bond acceptors (Lipinski definition) is 7. The first kappa shape index (κ1) is 22.3. The van der Waals surface area contributed by atoms with Crippen LogP contribution in [0.3, 0.4) is 0 Å². The van der Waals surface area contributed by atoms with E-state index >= 15 is 0 Å². The Kier molecular flexibility index (Phi) is 5.93. The molecule has 9 nitrogen and oxygen atoms in total. The van der Waals surface area contributed by atoms with Crippen LogP contribution in [0.25, 0.3) is 16.8 Å². The summed E-state index contributed by atoms with van der Waals surface area (Å²) in [6.07, 6.45) is 3.78. The zero-order valence-electron chi connectivity index (χ0n) is 19.3. The number of fused-ring (bicyclic) bond motifs is 2. The van der Waals surface area contributed by atoms with Gasteiger partial charge < -0.3 is 19.9 Å². The lowest BCUT2D eigenvalue weighted by atomic mass is 10.1. The van der Waals surface area contributed by atoms with Crippen LogP contribution in [-0.2, 0) is 13.0 Å². The Balaban J connectivity index is 1.62. The molecule has 0 saturated carbocycles. The van der Waals surface area contributed by atoms with Gasteiger partial charge in [-0.1, -0.05) is 0 Å². The Morgan fingerprint density at radius 3 is 2.79 bits per heavy atom. The number of hydrogen-bond donors (Lipinski definition) is 2. The molecule has 5 heterocycles. The average molecular weight is 467 g/mol. The molecule has 0 aromatic carbocycles. The maximum atomic E-state index is 13.4. The zero-order valence-corrected chi connectivity index (χ0v) is 19.3. The third-order valence-electron chi connectivity index (χ3n) is 6.13. The van der Waals surface area contributed by atoms with Crippen LogP contribution in [0.2, 0.25) is 0 Å². The molecule has 5 rings (SSSR count). The molecule has 0 saturated heterocycles. The highest BCUT2D eigenvalue weighted by atomic mass is 19.1. The fourth-order valence-corrected chi connectivity index (χ4v) is 4.40. The minimum atomic E-state index is -0.909. The predicted molar refractivity (Wildman–Crippen MR) is 124 cm³/mol. The highest BCUT2D eigenvalue weighted by molar-refractivity contribution is 5.75. The average Bonchev–Trinajstić information content (AvgIpc) is 3.29. The lowest BCUT2D eigenvalue weighted by Gasteiger charge is -2.22. The molecular weight excluding hydrogens is 439 g/mol. The first-order valence-electron chi connectivity index (χ1n) is 11.2. The molecule has 2 N–H and O–H groups in total. The van der Waals surface area contributed by atoms with Crippen molar-refractivity contribution in [2.24, 2.45) is 0 Å². The van der Waals surface area contributed by atoms with E-state index in [2.05, 4.69) is 27.0 Å². The van der Waals surface area contributed by atoms with Gasteiger partial charge in [-0.05, 0) is 37.6 Å². The summed E-state index contributed by atoms with van der Waals surface area (Å²) in [7, 11) is 1.56. The maximum absolute atomic E-state index is 13.4. The van der Waals surface area contributed by atoms with E-state index < -0.39 is 18.0 Å². The van der Waals surface area contributed by atoms with E-state index in [0.717, 1.165) is 49.1 Å². The second-order valence-electron chi connectivity index (χ2n) is 8.42. The number of ether oxygens (including phenoxy) is 2. The monoisotopic (exact) mass is 466 g/mol. The summed E-state index contributed by atoms with van der Waals surface area (Å²) >= 11 is 0. The van der Waals surface area contributed by atoms with Crippen molar-refractivity contribution in [3.8, 4) is 22.8 Å². The Morgan fingerprint density at radius 1 is 1.21 bits per heavy atom. The minimum Gasteiger partial charge on any atom is -0.493 e. The molecule has 178 valence electrons. The fourth-order valence-electron chi connectivity index (χ4n) is 4.40. The number of nitrogens with one attached hydrogen (secondary N) is 1. The molecule has 0 aliphatic carbocycles. The Labute approximate surface area is 196 Å². The molecule has 0 fully saturated rings. The number of methoxy groups -OCH3 is 1. The van der Waals surface area contributed by atoms with Crippen molar-refractivity contribution >= 4 is 5.52 Å². The molecule has 0 spiro atoms. The summed E-state index contributed by atoms with van der Waals surface area (Å²) < 4.78 is 29.0. The Hall–Kier alpha value is -3.50. The topological polar surface area (TPSA) is 98.7 Å². The molecule has 0 amide bonds. The van der Waals surface area contributed by atoms with Crippen LogP contribution in [0.4, 0.5) is 4.39 Å². The van der Waals surface area contributed by atoms with E-state index in [9.17, 15) is 9.50 Å². The third-order valence-corrected chi connectivity index (χ3v) is 6.13. The lowest BCUT2D eigenvalue weighted by Crippen LogP contribution is -2.22. The molecule has 34 heavy (non-hydrogen) atoms. The minimum absolute atomic E-state index is 0.413. The normalized spacial score (nSPS) is 15.6. The number of aliphatic hydroxyl groups is 1. The molecule has 4 aromatic heterocycles. The summed E-state index contributed by atoms with van der Waals surface area (Å²) in [6.45, 7) is 6.27. The van der Waals surface area contributed by atoms with E-state index in [0.29, 0.717) is 22.7 Å². The SMILES string of the molecule is COc1cnn2cc(-c3nn4c(c3C)CCNCC4)cc(OC(c3ccc(F)cn3)[C@@H](C)O)c12. The first-order valence-corrected chi connectivity index (χ1v) is 11.2. The summed E-state index contributed by atoms with van der Waals surface area (Å²) in [6, 6.07) is 4.68. The smallest absolute Gasteiger partial charge is 0.168 e. The van der Waals surface area contributed by atoms with Gasteiger partial charge in [-0.15, -0.1) is 0 Å². The van der Waals surface area contributed by atoms with Gasteiger partial charge in [0.2, 0.25) is 0 Å². The van der Waals surface area contributed by atoms with Crippen LogP contribution in [0.5, 0.6) is 11.5 Å². The van der Waals surface area contributed by atoms with Crippen LogP contribution in [0.1, 0.15) is 30.0 Å². The zero-order chi connectivity index (χ0) is 23.8. The molecule has 1 aliphatic heterocycles. The highest BCUT2D eigenvalue weighted by Gasteiger charge is 2.25. The number of rotatable bonds is 6. The number of aromatic nitrogens is 5. The Bertz CT molecular complexity index is 1310. The summed E-state index contributed by atoms with van der Waals surface area (Å²) in [5.74, 6) is 0.523. The van der Waals surface area contributed by atoms with Crippen LogP contribution in [0.15, 0.2) is 36.8 Å². The van der Waals surface area contributed by atoms with Gasteiger partial charge in [0.05, 0.1) is 43.5 Å². The van der Waals surface area contributed by atoms with Crippen LogP contribution < -0.4 is 14.8 Å². The quantitative estimate of drug-likeness (QED) is 0.451.